The van der Waals surface area contributed by atoms with E-state index in [0.717, 1.165) is 21.8 Å². The summed E-state index contributed by atoms with van der Waals surface area (Å²) in [6.45, 7) is 0. The number of benzene rings is 1. The van der Waals surface area contributed by atoms with Crippen LogP contribution in [0.15, 0.2) is 29.3 Å². The topological polar surface area (TPSA) is 59.6 Å². The Morgan fingerprint density at radius 1 is 1.35 bits per heavy atom. The Kier molecular flexibility index (Phi) is 3.09. The molecule has 1 fully saturated rings. The second-order valence-corrected chi connectivity index (χ2v) is 7.61. The van der Waals surface area contributed by atoms with Crippen molar-refractivity contribution in [2.45, 2.75) is 22.6 Å². The van der Waals surface area contributed by atoms with E-state index in [2.05, 4.69) is 10.3 Å². The Balaban J connectivity index is 1.62. The van der Waals surface area contributed by atoms with Gasteiger partial charge in [0, 0.05) is 0 Å². The van der Waals surface area contributed by atoms with Gasteiger partial charge in [0.25, 0.3) is 0 Å². The number of hydrogen-bond acceptors (Lipinski definition) is 4. The van der Waals surface area contributed by atoms with Crippen LogP contribution in [0.3, 0.4) is 0 Å². The molecular formula is C12H15IN3O-. The van der Waals surface area contributed by atoms with Gasteiger partial charge in [-0.25, -0.2) is 0 Å². The number of aliphatic imine (C=N–C) groups is 1. The summed E-state index contributed by atoms with van der Waals surface area (Å²) < 4.78 is 8.21. The molecule has 1 saturated heterocycles. The van der Waals surface area contributed by atoms with Crippen molar-refractivity contribution in [2.24, 2.45) is 4.99 Å². The van der Waals surface area contributed by atoms with Crippen LogP contribution < -0.4 is 37.0 Å². The predicted molar refractivity (Wildman–Crippen MR) is 64.0 cm³/mol. The molecule has 2 aliphatic rings. The molecule has 92 valence electrons. The summed E-state index contributed by atoms with van der Waals surface area (Å²) >= 11 is 0.468. The van der Waals surface area contributed by atoms with E-state index in [-0.39, 0.29) is 6.23 Å². The van der Waals surface area contributed by atoms with E-state index < -0.39 is 0 Å². The Morgan fingerprint density at radius 2 is 2.12 bits per heavy atom. The molecule has 0 saturated carbocycles. The summed E-state index contributed by atoms with van der Waals surface area (Å²) in [4.78, 5) is 4.33. The molecule has 2 aliphatic heterocycles. The molecule has 3 N–H and O–H groups in total. The Morgan fingerprint density at radius 3 is 2.82 bits per heavy atom. The fourth-order valence-electron chi connectivity index (χ4n) is 1.87. The van der Waals surface area contributed by atoms with Gasteiger partial charge in [0.2, 0.25) is 0 Å². The Hall–Kier alpha value is -0.980. The van der Waals surface area contributed by atoms with Crippen LogP contribution >= 0.6 is 0 Å². The zero-order valence-electron chi connectivity index (χ0n) is 9.34. The number of halogens is 1. The number of rotatable bonds is 3. The third-order valence-corrected chi connectivity index (χ3v) is 5.67. The first-order chi connectivity index (χ1) is 8.31. The number of nitrogens with two attached hydrogens (primary N) is 1. The fourth-order valence-corrected chi connectivity index (χ4v) is 3.89. The molecule has 0 aromatic heterocycles. The van der Waals surface area contributed by atoms with Crippen molar-refractivity contribution in [3.05, 3.63) is 24.3 Å². The van der Waals surface area contributed by atoms with Gasteiger partial charge in [-0.2, -0.15) is 0 Å². The van der Waals surface area contributed by atoms with Crippen LogP contribution in [0.25, 0.3) is 0 Å². The van der Waals surface area contributed by atoms with Crippen LogP contribution in [0.1, 0.15) is 6.42 Å². The molecule has 1 aromatic rings. The summed E-state index contributed by atoms with van der Waals surface area (Å²) in [5.74, 6) is 0.840. The van der Waals surface area contributed by atoms with E-state index >= 15 is 0 Å². The number of alkyl halides is 2. The standard InChI is InChI=1S/C12H15IN3O/c14-8-1-3-9(4-2-8)17-12-5-11(10-6-13-10)15-7-16-12/h1-4,7,10-12H,5-6,14H2,(H,15,16)/q-1. The summed E-state index contributed by atoms with van der Waals surface area (Å²) in [7, 11) is 0. The van der Waals surface area contributed by atoms with Crippen molar-refractivity contribution >= 4 is 12.0 Å². The van der Waals surface area contributed by atoms with Gasteiger partial charge in [-0.15, -0.1) is 0 Å². The third kappa shape index (κ3) is 2.83. The molecule has 2 heterocycles. The van der Waals surface area contributed by atoms with E-state index in [1.165, 1.54) is 4.43 Å². The van der Waals surface area contributed by atoms with Crippen LogP contribution in [0.4, 0.5) is 5.69 Å². The maximum atomic E-state index is 5.84. The normalized spacial score (nSPS) is 31.2. The molecular weight excluding hydrogens is 329 g/mol. The molecule has 4 nitrogen and oxygen atoms in total. The number of nitrogens with zero attached hydrogens (tertiary/aromatic N) is 1. The predicted octanol–water partition coefficient (Wildman–Crippen LogP) is -2.16. The van der Waals surface area contributed by atoms with E-state index in [0.29, 0.717) is 27.2 Å². The summed E-state index contributed by atoms with van der Waals surface area (Å²) in [6.07, 6.45) is 2.73. The molecule has 3 rings (SSSR count). The first kappa shape index (κ1) is 11.1. The molecule has 5 heteroatoms. The fraction of sp³-hybridized carbons (Fsp3) is 0.417. The van der Waals surface area contributed by atoms with Crippen molar-refractivity contribution in [1.29, 1.82) is 0 Å². The molecule has 17 heavy (non-hydrogen) atoms. The first-order valence-electron chi connectivity index (χ1n) is 5.69. The van der Waals surface area contributed by atoms with Gasteiger partial charge in [-0.3, -0.25) is 0 Å². The van der Waals surface area contributed by atoms with Gasteiger partial charge in [0.15, 0.2) is 0 Å². The van der Waals surface area contributed by atoms with Gasteiger partial charge in [0.1, 0.15) is 0 Å². The van der Waals surface area contributed by atoms with Crippen molar-refractivity contribution in [3.8, 4) is 5.75 Å². The van der Waals surface area contributed by atoms with Crippen molar-refractivity contribution < 1.29 is 25.9 Å². The molecule has 3 unspecified atom stereocenters. The van der Waals surface area contributed by atoms with Crippen molar-refractivity contribution in [1.82, 2.24) is 5.32 Å². The van der Waals surface area contributed by atoms with Gasteiger partial charge >= 0.3 is 111 Å². The minimum atomic E-state index is -0.0468. The zero-order valence-corrected chi connectivity index (χ0v) is 11.5. The zero-order chi connectivity index (χ0) is 11.7. The summed E-state index contributed by atoms with van der Waals surface area (Å²) in [5, 5.41) is 3.34. The number of hydrogen-bond donors (Lipinski definition) is 2. The number of nitrogen functional groups attached to an aromatic ring is 1. The van der Waals surface area contributed by atoms with Gasteiger partial charge in [-0.1, -0.05) is 0 Å². The summed E-state index contributed by atoms with van der Waals surface area (Å²) in [6, 6.07) is 8.07. The molecule has 0 bridgehead atoms. The van der Waals surface area contributed by atoms with Crippen molar-refractivity contribution in [2.75, 3.05) is 10.2 Å². The van der Waals surface area contributed by atoms with Gasteiger partial charge < -0.3 is 0 Å². The van der Waals surface area contributed by atoms with Crippen molar-refractivity contribution in [3.63, 3.8) is 0 Å². The van der Waals surface area contributed by atoms with Crippen LogP contribution in [0.2, 0.25) is 0 Å². The van der Waals surface area contributed by atoms with E-state index in [1.54, 1.807) is 6.34 Å². The molecule has 0 radical (unpaired) electrons. The van der Waals surface area contributed by atoms with E-state index in [4.69, 9.17) is 10.5 Å². The first-order valence-corrected chi connectivity index (χ1v) is 8.46. The average molecular weight is 344 g/mol. The molecule has 3 atom stereocenters. The molecule has 0 spiro atoms. The van der Waals surface area contributed by atoms with E-state index in [9.17, 15) is 0 Å². The Labute approximate surface area is 111 Å². The second-order valence-electron chi connectivity index (χ2n) is 4.25. The van der Waals surface area contributed by atoms with Gasteiger partial charge in [-0.05, 0) is 0 Å². The maximum absolute atomic E-state index is 5.84. The third-order valence-electron chi connectivity index (χ3n) is 2.91. The number of ether oxygens (including phenoxy) is 1. The summed E-state index contributed by atoms with van der Waals surface area (Å²) in [5.41, 5.74) is 6.39. The van der Waals surface area contributed by atoms with Crippen LogP contribution in [-0.4, -0.2) is 27.0 Å². The number of anilines is 1. The van der Waals surface area contributed by atoms with Crippen LogP contribution in [0, 0.1) is 0 Å². The van der Waals surface area contributed by atoms with Crippen LogP contribution in [0.5, 0.6) is 5.75 Å². The van der Waals surface area contributed by atoms with Crippen LogP contribution in [-0.2, 0) is 0 Å². The van der Waals surface area contributed by atoms with E-state index in [1.807, 2.05) is 24.3 Å². The Bertz CT molecular complexity index is 416. The molecule has 0 amide bonds. The molecule has 0 aliphatic carbocycles. The minimum absolute atomic E-state index is 0.0468. The SMILES string of the molecule is Nc1ccc(OC2CC(C3C[I-]3)NC=N2)cc1. The quantitative estimate of drug-likeness (QED) is 0.373. The average Bonchev–Trinajstić information content (AvgIpc) is 3.17. The number of nitrogens with one attached hydrogen (secondary N) is 1. The van der Waals surface area contributed by atoms with Gasteiger partial charge in [0.05, 0.1) is 0 Å². The monoisotopic (exact) mass is 344 g/mol. The second kappa shape index (κ2) is 4.72. The molecule has 1 aromatic carbocycles.